The summed E-state index contributed by atoms with van der Waals surface area (Å²) in [7, 11) is -1.15. The van der Waals surface area contributed by atoms with E-state index < -0.39 is 98.6 Å². The van der Waals surface area contributed by atoms with Crippen LogP contribution in [-0.4, -0.2) is 90.9 Å². The van der Waals surface area contributed by atoms with E-state index in [1.807, 2.05) is 25.1 Å². The first-order chi connectivity index (χ1) is 28.0. The Bertz CT molecular complexity index is 2270. The largest absolute Gasteiger partial charge is 0.481 e. The van der Waals surface area contributed by atoms with Crippen LogP contribution in [0.2, 0.25) is 0 Å². The van der Waals surface area contributed by atoms with E-state index in [0.717, 1.165) is 34.5 Å². The third-order valence-electron chi connectivity index (χ3n) is 9.61. The molecule has 5 amide bonds. The lowest BCUT2D eigenvalue weighted by atomic mass is 9.89. The molecule has 0 aromatic heterocycles. The fourth-order valence-corrected chi connectivity index (χ4v) is 8.04. The highest BCUT2D eigenvalue weighted by Gasteiger charge is 2.42. The molecule has 0 fully saturated rings. The molecule has 3 aliphatic rings. The van der Waals surface area contributed by atoms with Gasteiger partial charge in [-0.25, -0.2) is 0 Å². The van der Waals surface area contributed by atoms with Gasteiger partial charge in [0.1, 0.15) is 24.2 Å². The molecular weight excluding hydrogens is 787 g/mol. The number of hydrogen-bond acceptors (Lipinski definition) is 10. The Balaban J connectivity index is 1.39. The van der Waals surface area contributed by atoms with Gasteiger partial charge in [-0.1, -0.05) is 55.8 Å². The maximum absolute atomic E-state index is 14.6. The molecule has 5 atom stereocenters. The zero-order valence-electron chi connectivity index (χ0n) is 32.3. The Hall–Kier alpha value is -6.81. The molecule has 2 aromatic carbocycles. The van der Waals surface area contributed by atoms with Gasteiger partial charge in [0, 0.05) is 30.3 Å². The maximum atomic E-state index is 14.6. The summed E-state index contributed by atoms with van der Waals surface area (Å²) < 4.78 is 3.10. The van der Waals surface area contributed by atoms with Crippen molar-refractivity contribution in [3.63, 3.8) is 0 Å². The number of rotatable bonds is 16. The van der Waals surface area contributed by atoms with Crippen molar-refractivity contribution in [1.29, 1.82) is 0 Å². The number of nitrogens with zero attached hydrogens (tertiary/aromatic N) is 2. The second-order valence-electron chi connectivity index (χ2n) is 14.3. The predicted molar refractivity (Wildman–Crippen MR) is 215 cm³/mol. The number of nitro groups is 1. The van der Waals surface area contributed by atoms with Gasteiger partial charge in [-0.3, -0.25) is 43.7 Å². The molecule has 18 nitrogen and oxygen atoms in total. The fraction of sp³-hybridized carbons (Fsp3) is 0.350. The van der Waals surface area contributed by atoms with Crippen LogP contribution < -0.4 is 26.0 Å². The number of aliphatic carboxylic acids is 2. The maximum Gasteiger partial charge on any atom is 0.320 e. The molecule has 59 heavy (non-hydrogen) atoms. The monoisotopic (exact) mass is 829 g/mol. The average Bonchev–Trinajstić information content (AvgIpc) is 3.63. The second kappa shape index (κ2) is 19.1. The highest BCUT2D eigenvalue weighted by Crippen LogP contribution is 2.33. The second-order valence-corrected chi connectivity index (χ2v) is 15.8. The Morgan fingerprint density at radius 3 is 2.36 bits per heavy atom. The van der Waals surface area contributed by atoms with Crippen molar-refractivity contribution in [3.8, 4) is 0 Å². The van der Waals surface area contributed by atoms with Crippen LogP contribution in [-0.2, 0) is 35.2 Å². The SMILES string of the molecule is Cc1ccc2c(c1)CCN(C(=O)[C@@H](NC(=O)[C@H](CCCC(=O)O)NC(=O)S1=Cc3ccccc3N1)C(C)C)[C@@H]2C(=O)N[C@@H](CC(=O)O)C(=O)NC1=C=C=C([N+](=O)[O-])C=C1. The summed E-state index contributed by atoms with van der Waals surface area (Å²) in [5, 5.41) is 41.5. The number of carboxylic acids is 2. The number of amides is 5. The minimum Gasteiger partial charge on any atom is -0.481 e. The van der Waals surface area contributed by atoms with Gasteiger partial charge in [0.25, 0.3) is 5.24 Å². The Kier molecular flexibility index (Phi) is 14.0. The minimum absolute atomic E-state index is 0.000509. The predicted octanol–water partition coefficient (Wildman–Crippen LogP) is 2.80. The Morgan fingerprint density at radius 1 is 0.966 bits per heavy atom. The van der Waals surface area contributed by atoms with Crippen molar-refractivity contribution in [2.45, 2.75) is 77.0 Å². The van der Waals surface area contributed by atoms with Crippen LogP contribution >= 0.6 is 10.7 Å². The third-order valence-corrected chi connectivity index (χ3v) is 11.1. The number of hydrogen-bond donors (Lipinski definition) is 7. The lowest BCUT2D eigenvalue weighted by Crippen LogP contribution is -2.59. The Morgan fingerprint density at radius 2 is 1.71 bits per heavy atom. The van der Waals surface area contributed by atoms with Gasteiger partial charge in [-0.05, 0) is 77.1 Å². The van der Waals surface area contributed by atoms with E-state index in [9.17, 15) is 53.9 Å². The number of carboxylic acid groups (broad SMARTS) is 2. The van der Waals surface area contributed by atoms with Crippen molar-refractivity contribution < 1.29 is 48.7 Å². The minimum atomic E-state index is -1.67. The molecule has 310 valence electrons. The van der Waals surface area contributed by atoms with Crippen LogP contribution in [0.3, 0.4) is 0 Å². The first-order valence-corrected chi connectivity index (χ1v) is 19.9. The molecule has 0 radical (unpaired) electrons. The van der Waals surface area contributed by atoms with Crippen molar-refractivity contribution in [2.24, 2.45) is 5.92 Å². The smallest absolute Gasteiger partial charge is 0.320 e. The number of allylic oxidation sites excluding steroid dienone is 2. The summed E-state index contributed by atoms with van der Waals surface area (Å²) in [6.45, 7) is 5.20. The topological polar surface area (TPSA) is 266 Å². The van der Waals surface area contributed by atoms with E-state index in [0.29, 0.717) is 12.0 Å². The van der Waals surface area contributed by atoms with Crippen LogP contribution in [0.25, 0.3) is 0 Å². The van der Waals surface area contributed by atoms with Gasteiger partial charge in [0.05, 0.1) is 22.7 Å². The zero-order chi connectivity index (χ0) is 43.0. The number of nitrogens with one attached hydrogen (secondary N) is 5. The summed E-state index contributed by atoms with van der Waals surface area (Å²) in [6, 6.07) is 6.95. The molecule has 2 heterocycles. The number of anilines is 1. The molecular formula is C40H43N7O11S. The van der Waals surface area contributed by atoms with Gasteiger partial charge in [-0.15, -0.1) is 0 Å². The standard InChI is InChI=1S/C40H43N7O11S/c1-22(2)34(44-36(52)30(9-6-10-32(48)49)43-40(56)59-21-25-7-4-5-8-29(25)45-59)39(55)46-18-17-24-19-23(3)11-16-28(24)35(46)38(54)42-31(20-33(50)51)37(53)41-26-12-14-27(15-13-26)47(57)58/h4-5,7-8,11-12,14,16,19,21-22,30-31,34-35,45H,6,9-10,17-18,20H2,1-3H3,(H,41,53)(H,42,54)(H,43,56)(H,44,52)(H,48,49)(H,50,51)/t30-,31-,34-,35-,59?/m0/s1. The van der Waals surface area contributed by atoms with E-state index in [4.69, 9.17) is 0 Å². The first-order valence-electron chi connectivity index (χ1n) is 18.6. The van der Waals surface area contributed by atoms with Crippen LogP contribution in [0.5, 0.6) is 0 Å². The molecule has 1 aliphatic carbocycles. The quantitative estimate of drug-likeness (QED) is 0.0558. The molecule has 1 unspecified atom stereocenters. The van der Waals surface area contributed by atoms with Gasteiger partial charge < -0.3 is 41.1 Å². The summed E-state index contributed by atoms with van der Waals surface area (Å²) in [4.78, 5) is 104. The zero-order valence-corrected chi connectivity index (χ0v) is 33.1. The fourth-order valence-electron chi connectivity index (χ4n) is 6.63. The molecule has 7 N–H and O–H groups in total. The first kappa shape index (κ1) is 43.3. The number of fused-ring (bicyclic) bond motifs is 2. The van der Waals surface area contributed by atoms with Crippen LogP contribution in [0.15, 0.2) is 77.5 Å². The third kappa shape index (κ3) is 11.0. The number of aryl methyl sites for hydroxylation is 1. The summed E-state index contributed by atoms with van der Waals surface area (Å²) in [5.41, 5.74) is 7.73. The van der Waals surface area contributed by atoms with Crippen LogP contribution in [0.1, 0.15) is 67.8 Å². The van der Waals surface area contributed by atoms with Gasteiger partial charge >= 0.3 is 17.6 Å². The number of carbonyl (C=O) groups is 7. The summed E-state index contributed by atoms with van der Waals surface area (Å²) in [6.07, 6.45) is 1.38. The summed E-state index contributed by atoms with van der Waals surface area (Å²) >= 11 is 0. The van der Waals surface area contributed by atoms with E-state index in [1.54, 1.807) is 43.5 Å². The van der Waals surface area contributed by atoms with Crippen molar-refractivity contribution in [2.75, 3.05) is 11.3 Å². The Labute approximate surface area is 340 Å². The van der Waals surface area contributed by atoms with Gasteiger partial charge in [0.15, 0.2) is 0 Å². The van der Waals surface area contributed by atoms with E-state index in [2.05, 4.69) is 37.5 Å². The highest BCUT2D eigenvalue weighted by molar-refractivity contribution is 8.29. The van der Waals surface area contributed by atoms with Crippen LogP contribution in [0, 0.1) is 23.0 Å². The molecule has 5 rings (SSSR count). The van der Waals surface area contributed by atoms with E-state index in [-0.39, 0.29) is 31.5 Å². The van der Waals surface area contributed by atoms with Crippen molar-refractivity contribution in [1.82, 2.24) is 26.2 Å². The lowest BCUT2D eigenvalue weighted by molar-refractivity contribution is -0.418. The highest BCUT2D eigenvalue weighted by atomic mass is 32.2. The molecule has 2 aliphatic heterocycles. The molecule has 0 saturated heterocycles. The van der Waals surface area contributed by atoms with Gasteiger partial charge in [-0.2, -0.15) is 0 Å². The molecule has 0 bridgehead atoms. The lowest BCUT2D eigenvalue weighted by Gasteiger charge is -2.40. The van der Waals surface area contributed by atoms with Crippen LogP contribution in [0.4, 0.5) is 10.5 Å². The number of para-hydroxylation sites is 1. The summed E-state index contributed by atoms with van der Waals surface area (Å²) in [5.74, 6) is -6.38. The average molecular weight is 830 g/mol. The van der Waals surface area contributed by atoms with Gasteiger partial charge in [0.2, 0.25) is 23.6 Å². The van der Waals surface area contributed by atoms with E-state index >= 15 is 0 Å². The normalized spacial score (nSPS) is 17.7. The molecule has 19 heteroatoms. The van der Waals surface area contributed by atoms with Crippen molar-refractivity contribution >= 4 is 62.5 Å². The molecule has 2 aromatic rings. The number of benzene rings is 2. The molecule has 0 spiro atoms. The van der Waals surface area contributed by atoms with Crippen molar-refractivity contribution in [3.05, 3.63) is 110 Å². The van der Waals surface area contributed by atoms with E-state index in [1.165, 1.54) is 4.90 Å². The number of carbonyl (C=O) groups excluding carboxylic acids is 5. The molecule has 0 saturated carbocycles.